The minimum Gasteiger partial charge on any atom is -0.388 e. The highest BCUT2D eigenvalue weighted by molar-refractivity contribution is 5.94. The number of aliphatic hydroxyl groups is 1. The molecule has 2 N–H and O–H groups in total. The highest BCUT2D eigenvalue weighted by atomic mass is 19.1. The zero-order chi connectivity index (χ0) is 16.1. The summed E-state index contributed by atoms with van der Waals surface area (Å²) in [5, 5.41) is 12.7. The number of carbonyl (C=O) groups excluding carboxylic acids is 1. The van der Waals surface area contributed by atoms with E-state index in [1.165, 1.54) is 0 Å². The van der Waals surface area contributed by atoms with Crippen LogP contribution < -0.4 is 5.32 Å². The fourth-order valence-electron chi connectivity index (χ4n) is 2.18. The van der Waals surface area contributed by atoms with Gasteiger partial charge in [0.15, 0.2) is 0 Å². The van der Waals surface area contributed by atoms with Crippen molar-refractivity contribution < 1.29 is 18.7 Å². The summed E-state index contributed by atoms with van der Waals surface area (Å²) in [6.07, 6.45) is -0.437. The average Bonchev–Trinajstić information content (AvgIpc) is 2.47. The van der Waals surface area contributed by atoms with Gasteiger partial charge in [-0.3, -0.25) is 4.79 Å². The summed E-state index contributed by atoms with van der Waals surface area (Å²) in [6.45, 7) is 1.71. The molecule has 3 nitrogen and oxygen atoms in total. The number of carbonyl (C=O) groups is 1. The third kappa shape index (κ3) is 4.11. The summed E-state index contributed by atoms with van der Waals surface area (Å²) in [7, 11) is 0. The summed E-state index contributed by atoms with van der Waals surface area (Å²) >= 11 is 0. The first-order chi connectivity index (χ1) is 10.5. The van der Waals surface area contributed by atoms with Crippen LogP contribution in [0.3, 0.4) is 0 Å². The molecule has 22 heavy (non-hydrogen) atoms. The molecule has 2 rings (SSSR count). The Hall–Kier alpha value is -2.27. The van der Waals surface area contributed by atoms with Crippen molar-refractivity contribution in [3.05, 3.63) is 71.3 Å². The molecule has 2 atom stereocenters. The molecule has 0 fully saturated rings. The lowest BCUT2D eigenvalue weighted by atomic mass is 10.0. The van der Waals surface area contributed by atoms with Gasteiger partial charge < -0.3 is 10.4 Å². The second-order valence-corrected chi connectivity index (χ2v) is 5.16. The number of nitrogens with one attached hydrogen (secondary N) is 1. The molecule has 0 radical (unpaired) electrons. The van der Waals surface area contributed by atoms with Gasteiger partial charge in [-0.1, -0.05) is 30.3 Å². The fourth-order valence-corrected chi connectivity index (χ4v) is 2.18. The van der Waals surface area contributed by atoms with Gasteiger partial charge >= 0.3 is 0 Å². The first-order valence-electron chi connectivity index (χ1n) is 6.96. The van der Waals surface area contributed by atoms with Crippen molar-refractivity contribution >= 4 is 5.91 Å². The molecule has 0 aromatic heterocycles. The van der Waals surface area contributed by atoms with Crippen LogP contribution in [0.5, 0.6) is 0 Å². The molecular weight excluding hydrogens is 288 g/mol. The number of amides is 1. The summed E-state index contributed by atoms with van der Waals surface area (Å²) in [4.78, 5) is 12.0. The maximum Gasteiger partial charge on any atom is 0.254 e. The Kier molecular flexibility index (Phi) is 5.22. The Labute approximate surface area is 127 Å². The molecule has 1 amide bonds. The third-order valence-corrected chi connectivity index (χ3v) is 3.31. The van der Waals surface area contributed by atoms with Gasteiger partial charge in [0.1, 0.15) is 11.6 Å². The quantitative estimate of drug-likeness (QED) is 0.891. The molecule has 0 spiro atoms. The van der Waals surface area contributed by atoms with Crippen LogP contribution in [0.25, 0.3) is 0 Å². The lowest BCUT2D eigenvalue weighted by Gasteiger charge is -2.18. The van der Waals surface area contributed by atoms with Crippen LogP contribution in [0.4, 0.5) is 8.78 Å². The lowest BCUT2D eigenvalue weighted by Crippen LogP contribution is -2.34. The van der Waals surface area contributed by atoms with Crippen LogP contribution in [0.1, 0.15) is 35.4 Å². The Bertz CT molecular complexity index is 646. The van der Waals surface area contributed by atoms with E-state index in [4.69, 9.17) is 0 Å². The summed E-state index contributed by atoms with van der Waals surface area (Å²) in [5.74, 6) is -2.28. The highest BCUT2D eigenvalue weighted by Gasteiger charge is 2.17. The molecule has 0 saturated heterocycles. The molecule has 2 unspecified atom stereocenters. The number of hydrogen-bond donors (Lipinski definition) is 2. The summed E-state index contributed by atoms with van der Waals surface area (Å²) < 4.78 is 26.4. The van der Waals surface area contributed by atoms with E-state index >= 15 is 0 Å². The van der Waals surface area contributed by atoms with E-state index < -0.39 is 23.6 Å². The van der Waals surface area contributed by atoms with Crippen molar-refractivity contribution in [2.45, 2.75) is 25.5 Å². The van der Waals surface area contributed by atoms with Crippen LogP contribution in [0.2, 0.25) is 0 Å². The smallest absolute Gasteiger partial charge is 0.254 e. The van der Waals surface area contributed by atoms with E-state index in [0.29, 0.717) is 12.5 Å². The van der Waals surface area contributed by atoms with Gasteiger partial charge in [0.2, 0.25) is 0 Å². The Balaban J connectivity index is 1.96. The van der Waals surface area contributed by atoms with Gasteiger partial charge in [-0.05, 0) is 31.0 Å². The number of halogens is 2. The summed E-state index contributed by atoms with van der Waals surface area (Å²) in [6, 6.07) is 11.5. The number of aliphatic hydroxyl groups excluding tert-OH is 1. The zero-order valence-electron chi connectivity index (χ0n) is 12.1. The third-order valence-electron chi connectivity index (χ3n) is 3.31. The first kappa shape index (κ1) is 16.1. The van der Waals surface area contributed by atoms with Gasteiger partial charge in [-0.15, -0.1) is 0 Å². The Morgan fingerprint density at radius 2 is 1.86 bits per heavy atom. The monoisotopic (exact) mass is 305 g/mol. The second kappa shape index (κ2) is 7.13. The van der Waals surface area contributed by atoms with Crippen LogP contribution in [0, 0.1) is 11.6 Å². The minimum absolute atomic E-state index is 0.220. The van der Waals surface area contributed by atoms with Crippen LogP contribution in [0.15, 0.2) is 48.5 Å². The van der Waals surface area contributed by atoms with Gasteiger partial charge in [0.25, 0.3) is 5.91 Å². The predicted octanol–water partition coefficient (Wildman–Crippen LogP) is 3.21. The van der Waals surface area contributed by atoms with Crippen LogP contribution >= 0.6 is 0 Å². The predicted molar refractivity (Wildman–Crippen MR) is 79.3 cm³/mol. The number of hydrogen-bond acceptors (Lipinski definition) is 2. The first-order valence-corrected chi connectivity index (χ1v) is 6.96. The van der Waals surface area contributed by atoms with Gasteiger partial charge in [0, 0.05) is 12.1 Å². The van der Waals surface area contributed by atoms with E-state index in [-0.39, 0.29) is 11.6 Å². The largest absolute Gasteiger partial charge is 0.388 e. The van der Waals surface area contributed by atoms with Crippen LogP contribution in [-0.2, 0) is 0 Å². The molecular formula is C17H17F2NO2. The van der Waals surface area contributed by atoms with Gasteiger partial charge in [-0.2, -0.15) is 0 Å². The Morgan fingerprint density at radius 3 is 2.50 bits per heavy atom. The number of rotatable bonds is 5. The van der Waals surface area contributed by atoms with Crippen molar-refractivity contribution in [1.82, 2.24) is 5.32 Å². The molecule has 116 valence electrons. The zero-order valence-corrected chi connectivity index (χ0v) is 12.1. The molecule has 2 aromatic rings. The van der Waals surface area contributed by atoms with Gasteiger partial charge in [-0.25, -0.2) is 8.78 Å². The SMILES string of the molecule is CC(CC(O)c1ccccc1)NC(=O)c1ccc(F)cc1F. The van der Waals surface area contributed by atoms with E-state index in [0.717, 1.165) is 17.7 Å². The van der Waals surface area contributed by atoms with E-state index in [9.17, 15) is 18.7 Å². The summed E-state index contributed by atoms with van der Waals surface area (Å²) in [5.41, 5.74) is 0.527. The van der Waals surface area contributed by atoms with Crippen molar-refractivity contribution in [2.75, 3.05) is 0 Å². The molecule has 0 aliphatic rings. The highest BCUT2D eigenvalue weighted by Crippen LogP contribution is 2.18. The number of benzene rings is 2. The molecule has 0 aliphatic heterocycles. The van der Waals surface area contributed by atoms with Crippen molar-refractivity contribution in [3.63, 3.8) is 0 Å². The van der Waals surface area contributed by atoms with Gasteiger partial charge in [0.05, 0.1) is 11.7 Å². The standard InChI is InChI=1S/C17H17F2NO2/c1-11(9-16(21)12-5-3-2-4-6-12)20-17(22)14-8-7-13(18)10-15(14)19/h2-8,10-11,16,21H,9H2,1H3,(H,20,22). The molecule has 0 aliphatic carbocycles. The van der Waals surface area contributed by atoms with E-state index in [2.05, 4.69) is 5.32 Å². The normalized spacial score (nSPS) is 13.5. The fraction of sp³-hybridized carbons (Fsp3) is 0.235. The van der Waals surface area contributed by atoms with Crippen molar-refractivity contribution in [3.8, 4) is 0 Å². The minimum atomic E-state index is -0.909. The Morgan fingerprint density at radius 1 is 1.18 bits per heavy atom. The van der Waals surface area contributed by atoms with Crippen LogP contribution in [-0.4, -0.2) is 17.1 Å². The maximum absolute atomic E-state index is 13.5. The molecule has 5 heteroatoms. The molecule has 0 heterocycles. The van der Waals surface area contributed by atoms with E-state index in [1.54, 1.807) is 19.1 Å². The molecule has 0 bridgehead atoms. The maximum atomic E-state index is 13.5. The average molecular weight is 305 g/mol. The molecule has 0 saturated carbocycles. The van der Waals surface area contributed by atoms with Crippen molar-refractivity contribution in [1.29, 1.82) is 0 Å². The second-order valence-electron chi connectivity index (χ2n) is 5.16. The topological polar surface area (TPSA) is 49.3 Å². The van der Waals surface area contributed by atoms with E-state index in [1.807, 2.05) is 18.2 Å². The molecule has 2 aromatic carbocycles. The van der Waals surface area contributed by atoms with Crippen molar-refractivity contribution in [2.24, 2.45) is 0 Å². The lowest BCUT2D eigenvalue weighted by molar-refractivity contribution is 0.0913.